The third-order valence-electron chi connectivity index (χ3n) is 7.06. The van der Waals surface area contributed by atoms with Gasteiger partial charge >= 0.3 is 30.1 Å². The van der Waals surface area contributed by atoms with Crippen molar-refractivity contribution >= 4 is 23.9 Å². The number of aromatic nitrogens is 1. The first-order valence-corrected chi connectivity index (χ1v) is 13.9. The zero-order chi connectivity index (χ0) is 31.1. The highest BCUT2D eigenvalue weighted by Crippen LogP contribution is 2.33. The minimum Gasteiger partial charge on any atom is -0.465 e. The lowest BCUT2D eigenvalue weighted by Crippen LogP contribution is -2.50. The van der Waals surface area contributed by atoms with Crippen LogP contribution in [0.3, 0.4) is 0 Å². The third-order valence-corrected chi connectivity index (χ3v) is 7.06. The van der Waals surface area contributed by atoms with Gasteiger partial charge in [0.1, 0.15) is 18.3 Å². The van der Waals surface area contributed by atoms with E-state index in [4.69, 9.17) is 23.7 Å². The van der Waals surface area contributed by atoms with Gasteiger partial charge in [0.15, 0.2) is 18.0 Å². The molecule has 1 aliphatic rings. The molecular formula is C34H30NO9+. The minimum atomic E-state index is -1.22. The van der Waals surface area contributed by atoms with Crippen LogP contribution in [0.4, 0.5) is 0 Å². The molecular weight excluding hydrogens is 566 g/mol. The summed E-state index contributed by atoms with van der Waals surface area (Å²) in [7, 11) is 1.26. The number of aryl methyl sites for hydroxylation is 1. The number of ether oxygens (including phenoxy) is 5. The predicted octanol–water partition coefficient (Wildman–Crippen LogP) is 4.27. The number of pyridine rings is 1. The van der Waals surface area contributed by atoms with Crippen LogP contribution in [0.5, 0.6) is 0 Å². The molecule has 0 radical (unpaired) electrons. The van der Waals surface area contributed by atoms with E-state index in [1.54, 1.807) is 115 Å². The standard InChI is InChI=1S/C34H30NO9/c1-22-18-19-26(31(36)40-2)20-35(22)30-29(44-34(39)25-16-10-5-11-17-25)28(43-33(38)24-14-8-4-9-15-24)27(42-30)21-41-32(37)23-12-6-3-7-13-23/h3-20,27-30H,21H2,1-2H3/q+1/t27-,28+,29+,30+/m0/s1. The average Bonchev–Trinajstić information content (AvgIpc) is 3.40. The predicted molar refractivity (Wildman–Crippen MR) is 155 cm³/mol. The molecule has 3 aromatic carbocycles. The maximum atomic E-state index is 13.4. The van der Waals surface area contributed by atoms with E-state index in [0.717, 1.165) is 0 Å². The lowest BCUT2D eigenvalue weighted by atomic mass is 10.1. The fourth-order valence-corrected chi connectivity index (χ4v) is 4.79. The van der Waals surface area contributed by atoms with Gasteiger partial charge < -0.3 is 23.7 Å². The Balaban J connectivity index is 1.53. The van der Waals surface area contributed by atoms with Crippen molar-refractivity contribution in [1.29, 1.82) is 0 Å². The van der Waals surface area contributed by atoms with Gasteiger partial charge in [0.05, 0.1) is 23.8 Å². The summed E-state index contributed by atoms with van der Waals surface area (Å²) < 4.78 is 30.4. The van der Waals surface area contributed by atoms with Gasteiger partial charge in [0.2, 0.25) is 6.10 Å². The monoisotopic (exact) mass is 596 g/mol. The summed E-state index contributed by atoms with van der Waals surface area (Å²) in [5.41, 5.74) is 1.71. The van der Waals surface area contributed by atoms with E-state index in [1.165, 1.54) is 13.3 Å². The zero-order valence-electron chi connectivity index (χ0n) is 24.0. The van der Waals surface area contributed by atoms with Gasteiger partial charge in [-0.25, -0.2) is 19.2 Å². The summed E-state index contributed by atoms with van der Waals surface area (Å²) in [4.78, 5) is 51.9. The fraction of sp³-hybridized carbons (Fsp3) is 0.206. The first-order valence-electron chi connectivity index (χ1n) is 13.9. The number of carbonyl (C=O) groups is 4. The highest BCUT2D eigenvalue weighted by Gasteiger charge is 2.55. The maximum Gasteiger partial charge on any atom is 0.343 e. The molecule has 1 aliphatic heterocycles. The molecule has 0 unspecified atom stereocenters. The molecule has 1 saturated heterocycles. The summed E-state index contributed by atoms with van der Waals surface area (Å²) in [5.74, 6) is -2.57. The van der Waals surface area contributed by atoms with Crippen molar-refractivity contribution in [2.24, 2.45) is 0 Å². The Morgan fingerprint density at radius 2 is 1.14 bits per heavy atom. The molecule has 0 spiro atoms. The Hall–Kier alpha value is -5.35. The van der Waals surface area contributed by atoms with Gasteiger partial charge in [0, 0.05) is 13.0 Å². The van der Waals surface area contributed by atoms with Crippen LogP contribution in [-0.2, 0) is 23.7 Å². The zero-order valence-corrected chi connectivity index (χ0v) is 24.0. The SMILES string of the molecule is COC(=O)c1ccc(C)[n+]([C@@H]2O[C@@H](COC(=O)c3ccccc3)[C@@H](OC(=O)c3ccccc3)[C@H]2OC(=O)c2ccccc2)c1. The van der Waals surface area contributed by atoms with E-state index in [-0.39, 0.29) is 23.3 Å². The molecule has 224 valence electrons. The Morgan fingerprint density at radius 1 is 0.636 bits per heavy atom. The molecule has 5 rings (SSSR count). The molecule has 1 fully saturated rings. The summed E-state index contributed by atoms with van der Waals surface area (Å²) in [6.07, 6.45) is -3.06. The van der Waals surface area contributed by atoms with Crippen LogP contribution in [0.25, 0.3) is 0 Å². The van der Waals surface area contributed by atoms with Gasteiger partial charge in [-0.3, -0.25) is 0 Å². The number of rotatable bonds is 9. The molecule has 1 aromatic heterocycles. The molecule has 10 heteroatoms. The van der Waals surface area contributed by atoms with Crippen molar-refractivity contribution in [2.75, 3.05) is 13.7 Å². The van der Waals surface area contributed by atoms with Crippen LogP contribution in [0.15, 0.2) is 109 Å². The van der Waals surface area contributed by atoms with Gasteiger partial charge in [-0.05, 0) is 42.5 Å². The van der Waals surface area contributed by atoms with Gasteiger partial charge in [-0.2, -0.15) is 4.57 Å². The van der Waals surface area contributed by atoms with Crippen molar-refractivity contribution < 1.29 is 47.4 Å². The van der Waals surface area contributed by atoms with Crippen molar-refractivity contribution in [3.63, 3.8) is 0 Å². The molecule has 0 amide bonds. The molecule has 2 heterocycles. The van der Waals surface area contributed by atoms with Crippen molar-refractivity contribution in [2.45, 2.75) is 31.5 Å². The van der Waals surface area contributed by atoms with Crippen molar-refractivity contribution in [3.05, 3.63) is 137 Å². The Labute approximate surface area is 253 Å². The highest BCUT2D eigenvalue weighted by molar-refractivity contribution is 5.91. The number of benzene rings is 3. The topological polar surface area (TPSA) is 118 Å². The maximum absolute atomic E-state index is 13.4. The largest absolute Gasteiger partial charge is 0.465 e. The van der Waals surface area contributed by atoms with Crippen LogP contribution in [0.2, 0.25) is 0 Å². The smallest absolute Gasteiger partial charge is 0.343 e. The summed E-state index contributed by atoms with van der Waals surface area (Å²) in [5, 5.41) is 0. The van der Waals surface area contributed by atoms with Crippen LogP contribution >= 0.6 is 0 Å². The Bertz CT molecular complexity index is 1630. The molecule has 0 bridgehead atoms. The second-order valence-electron chi connectivity index (χ2n) is 9.96. The molecule has 0 saturated carbocycles. The number of esters is 4. The van der Waals surface area contributed by atoms with E-state index in [9.17, 15) is 19.2 Å². The fourth-order valence-electron chi connectivity index (χ4n) is 4.79. The Kier molecular flexibility index (Phi) is 9.41. The summed E-state index contributed by atoms with van der Waals surface area (Å²) >= 11 is 0. The summed E-state index contributed by atoms with van der Waals surface area (Å²) in [6, 6.07) is 28.3. The van der Waals surface area contributed by atoms with E-state index in [1.807, 2.05) is 0 Å². The second-order valence-corrected chi connectivity index (χ2v) is 9.96. The molecule has 10 nitrogen and oxygen atoms in total. The minimum absolute atomic E-state index is 0.214. The lowest BCUT2D eigenvalue weighted by Gasteiger charge is -2.23. The van der Waals surface area contributed by atoms with Gasteiger partial charge in [-0.1, -0.05) is 54.6 Å². The molecule has 0 N–H and O–H groups in total. The number of hydrogen-bond acceptors (Lipinski definition) is 9. The van der Waals surface area contributed by atoms with Gasteiger partial charge in [0.25, 0.3) is 0 Å². The van der Waals surface area contributed by atoms with Crippen molar-refractivity contribution in [1.82, 2.24) is 0 Å². The summed E-state index contributed by atoms with van der Waals surface area (Å²) in [6.45, 7) is 1.45. The van der Waals surface area contributed by atoms with Crippen LogP contribution in [-0.4, -0.2) is 55.9 Å². The quantitative estimate of drug-likeness (QED) is 0.159. The van der Waals surface area contributed by atoms with Crippen LogP contribution < -0.4 is 4.57 Å². The highest BCUT2D eigenvalue weighted by atomic mass is 16.7. The number of nitrogens with zero attached hydrogens (tertiary/aromatic N) is 1. The second kappa shape index (κ2) is 13.7. The number of hydrogen-bond donors (Lipinski definition) is 0. The molecule has 44 heavy (non-hydrogen) atoms. The average molecular weight is 597 g/mol. The molecule has 0 aliphatic carbocycles. The molecule has 4 aromatic rings. The first kappa shape index (κ1) is 30.1. The van der Waals surface area contributed by atoms with E-state index >= 15 is 0 Å². The number of carbonyl (C=O) groups excluding carboxylic acids is 4. The van der Waals surface area contributed by atoms with Gasteiger partial charge in [-0.15, -0.1) is 0 Å². The third kappa shape index (κ3) is 6.82. The van der Waals surface area contributed by atoms with E-state index in [2.05, 4.69) is 0 Å². The van der Waals surface area contributed by atoms with Crippen molar-refractivity contribution in [3.8, 4) is 0 Å². The molecule has 4 atom stereocenters. The van der Waals surface area contributed by atoms with Crippen LogP contribution in [0, 0.1) is 6.92 Å². The van der Waals surface area contributed by atoms with Crippen LogP contribution in [0.1, 0.15) is 53.4 Å². The Morgan fingerprint density at radius 3 is 1.66 bits per heavy atom. The normalized spacial score (nSPS) is 19.0. The first-order chi connectivity index (χ1) is 21.4. The number of methoxy groups -OCH3 is 1. The van der Waals surface area contributed by atoms with E-state index in [0.29, 0.717) is 11.3 Å². The van der Waals surface area contributed by atoms with E-state index < -0.39 is 48.4 Å². The lowest BCUT2D eigenvalue weighted by molar-refractivity contribution is -0.770.